The van der Waals surface area contributed by atoms with E-state index in [0.717, 1.165) is 80.5 Å². The van der Waals surface area contributed by atoms with E-state index in [-0.39, 0.29) is 17.4 Å². The Balaban J connectivity index is 1.16. The summed E-state index contributed by atoms with van der Waals surface area (Å²) in [6, 6.07) is 20.9. The van der Waals surface area contributed by atoms with Gasteiger partial charge in [0.2, 0.25) is 0 Å². The lowest BCUT2D eigenvalue weighted by molar-refractivity contribution is 0.251. The summed E-state index contributed by atoms with van der Waals surface area (Å²) in [6.07, 6.45) is 33.1. The molecule has 4 atom stereocenters. The van der Waals surface area contributed by atoms with Gasteiger partial charge in [-0.1, -0.05) is 139 Å². The molecule has 2 aromatic heterocycles. The predicted molar refractivity (Wildman–Crippen MR) is 282 cm³/mol. The molecule has 4 aromatic carbocycles. The van der Waals surface area contributed by atoms with Crippen LogP contribution in [0.2, 0.25) is 0 Å². The average molecular weight is 883 g/mol. The van der Waals surface area contributed by atoms with E-state index in [4.69, 9.17) is 8.83 Å². The van der Waals surface area contributed by atoms with E-state index in [0.29, 0.717) is 17.8 Å². The number of rotatable bonds is 8. The predicted octanol–water partition coefficient (Wildman–Crippen LogP) is 17.1. The minimum atomic E-state index is -0.0637. The summed E-state index contributed by atoms with van der Waals surface area (Å²) in [7, 11) is 0. The summed E-state index contributed by atoms with van der Waals surface area (Å²) in [5.41, 5.74) is 19.5. The van der Waals surface area contributed by atoms with Crippen LogP contribution in [0, 0.1) is 24.7 Å². The lowest BCUT2D eigenvalue weighted by Crippen LogP contribution is -2.42. The number of furan rings is 2. The van der Waals surface area contributed by atoms with E-state index in [2.05, 4.69) is 181 Å². The Hall–Kier alpha value is -6.00. The number of anilines is 2. The Morgan fingerprint density at radius 1 is 0.791 bits per heavy atom. The van der Waals surface area contributed by atoms with E-state index in [1.807, 2.05) is 0 Å². The van der Waals surface area contributed by atoms with Crippen molar-refractivity contribution >= 4 is 61.6 Å². The van der Waals surface area contributed by atoms with Crippen LogP contribution in [-0.4, -0.2) is 10.9 Å². The summed E-state index contributed by atoms with van der Waals surface area (Å²) in [5.74, 6) is 3.63. The zero-order chi connectivity index (χ0) is 45.9. The lowest BCUT2D eigenvalue weighted by atomic mass is 9.57. The summed E-state index contributed by atoms with van der Waals surface area (Å²) < 4.78 is 14.2. The third-order valence-corrected chi connectivity index (χ3v) is 16.8. The highest BCUT2D eigenvalue weighted by molar-refractivity contribution is 6.11. The van der Waals surface area contributed by atoms with Crippen LogP contribution in [0.3, 0.4) is 0 Å². The number of benzene rings is 4. The first kappa shape index (κ1) is 42.4. The number of allylic oxidation sites excluding steroid dienone is 9. The summed E-state index contributed by atoms with van der Waals surface area (Å²) in [5, 5.41) is 5.24. The molecular formula is C63H66N2O2. The first-order chi connectivity index (χ1) is 32.5. The molecule has 4 unspecified atom stereocenters. The van der Waals surface area contributed by atoms with Crippen molar-refractivity contribution in [3.8, 4) is 0 Å². The molecule has 6 aliphatic rings. The minimum absolute atomic E-state index is 0.0637. The van der Waals surface area contributed by atoms with Crippen LogP contribution in [0.25, 0.3) is 50.2 Å². The van der Waals surface area contributed by atoms with Gasteiger partial charge in [-0.25, -0.2) is 0 Å². The van der Waals surface area contributed by atoms with Crippen LogP contribution >= 0.6 is 0 Å². The number of fused-ring (bicyclic) bond motifs is 6. The fourth-order valence-corrected chi connectivity index (χ4v) is 13.5. The molecule has 340 valence electrons. The number of nitrogens with zero attached hydrogens (tertiary/aromatic N) is 2. The van der Waals surface area contributed by atoms with Crippen LogP contribution in [0.1, 0.15) is 143 Å². The molecule has 4 heteroatoms. The van der Waals surface area contributed by atoms with Gasteiger partial charge in [0.05, 0.1) is 17.4 Å². The summed E-state index contributed by atoms with van der Waals surface area (Å²) >= 11 is 0. The molecule has 0 bridgehead atoms. The Morgan fingerprint density at radius 3 is 2.42 bits per heavy atom. The molecule has 0 spiro atoms. The molecule has 0 saturated carbocycles. The second kappa shape index (κ2) is 16.1. The van der Waals surface area contributed by atoms with E-state index in [1.54, 1.807) is 5.56 Å². The normalized spacial score (nSPS) is 23.0. The smallest absolute Gasteiger partial charge is 0.159 e. The quantitative estimate of drug-likeness (QED) is 0.152. The van der Waals surface area contributed by atoms with Crippen molar-refractivity contribution in [1.82, 2.24) is 4.90 Å². The van der Waals surface area contributed by atoms with Crippen LogP contribution in [0.15, 0.2) is 129 Å². The maximum Gasteiger partial charge on any atom is 0.159 e. The largest absolute Gasteiger partial charge is 0.459 e. The van der Waals surface area contributed by atoms with Crippen molar-refractivity contribution in [1.29, 1.82) is 0 Å². The minimum Gasteiger partial charge on any atom is -0.459 e. The molecule has 2 heterocycles. The zero-order valence-corrected chi connectivity index (χ0v) is 40.9. The van der Waals surface area contributed by atoms with Crippen molar-refractivity contribution in [2.45, 2.75) is 131 Å². The van der Waals surface area contributed by atoms with Gasteiger partial charge in [0.15, 0.2) is 11.3 Å². The van der Waals surface area contributed by atoms with Crippen LogP contribution in [0.4, 0.5) is 11.4 Å². The van der Waals surface area contributed by atoms with Gasteiger partial charge in [0.1, 0.15) is 11.3 Å². The first-order valence-electron chi connectivity index (χ1n) is 25.6. The highest BCUT2D eigenvalue weighted by Crippen LogP contribution is 2.59. The van der Waals surface area contributed by atoms with Crippen LogP contribution in [-0.2, 0) is 24.7 Å². The lowest BCUT2D eigenvalue weighted by Gasteiger charge is -2.50. The van der Waals surface area contributed by atoms with Crippen LogP contribution < -0.4 is 4.90 Å². The monoisotopic (exact) mass is 883 g/mol. The molecule has 6 aliphatic carbocycles. The number of hydrogen-bond donors (Lipinski definition) is 0. The van der Waals surface area contributed by atoms with Gasteiger partial charge in [-0.05, 0) is 146 Å². The Morgan fingerprint density at radius 2 is 1.61 bits per heavy atom. The molecular weight excluding hydrogens is 817 g/mol. The molecule has 0 fully saturated rings. The van der Waals surface area contributed by atoms with E-state index in [1.165, 1.54) is 89.0 Å². The molecule has 67 heavy (non-hydrogen) atoms. The van der Waals surface area contributed by atoms with Gasteiger partial charge >= 0.3 is 0 Å². The van der Waals surface area contributed by atoms with Crippen molar-refractivity contribution in [3.05, 3.63) is 171 Å². The Bertz CT molecular complexity index is 3260. The van der Waals surface area contributed by atoms with Gasteiger partial charge in [0.25, 0.3) is 0 Å². The number of para-hydroxylation sites is 1. The average Bonchev–Trinajstić information content (AvgIpc) is 3.84. The third-order valence-electron chi connectivity index (χ3n) is 16.8. The molecule has 4 nitrogen and oxygen atoms in total. The highest BCUT2D eigenvalue weighted by Gasteiger charge is 2.48. The number of aryl methyl sites for hydroxylation is 3. The fraction of sp³-hybridized carbons (Fsp3) is 0.365. The second-order valence-electron chi connectivity index (χ2n) is 21.6. The third kappa shape index (κ3) is 6.44. The topological polar surface area (TPSA) is 32.8 Å². The maximum absolute atomic E-state index is 7.16. The van der Waals surface area contributed by atoms with Gasteiger partial charge in [0, 0.05) is 56.4 Å². The Labute approximate surface area is 397 Å². The molecule has 0 saturated heterocycles. The SMILES string of the molecule is CC1=C(N(C2=CC=CCC2)C2=CC(C(C)C)C3(C)CCc4c(N(c5c(C)ccc6c5oc5ccccc56)C5C=CC=CC5C)cc(C(C)C)c5ccc2c3c45)c2oc3c(c2CCC1)C=CCC3. The molecule has 0 aliphatic heterocycles. The first-order valence-corrected chi connectivity index (χ1v) is 25.6. The van der Waals surface area contributed by atoms with Gasteiger partial charge < -0.3 is 18.6 Å². The molecule has 0 radical (unpaired) electrons. The second-order valence-corrected chi connectivity index (χ2v) is 21.6. The van der Waals surface area contributed by atoms with Crippen molar-refractivity contribution in [2.24, 2.45) is 17.8 Å². The maximum atomic E-state index is 7.16. The highest BCUT2D eigenvalue weighted by atomic mass is 16.3. The Kier molecular flexibility index (Phi) is 10.2. The number of hydrogen-bond acceptors (Lipinski definition) is 4. The van der Waals surface area contributed by atoms with E-state index < -0.39 is 0 Å². The molecule has 0 amide bonds. The van der Waals surface area contributed by atoms with Gasteiger partial charge in [-0.3, -0.25) is 0 Å². The fourth-order valence-electron chi connectivity index (χ4n) is 13.5. The van der Waals surface area contributed by atoms with Crippen molar-refractivity contribution < 1.29 is 8.83 Å². The van der Waals surface area contributed by atoms with Crippen molar-refractivity contribution in [3.63, 3.8) is 0 Å². The van der Waals surface area contributed by atoms with E-state index >= 15 is 0 Å². The summed E-state index contributed by atoms with van der Waals surface area (Å²) in [4.78, 5) is 5.43. The van der Waals surface area contributed by atoms with Crippen LogP contribution in [0.5, 0.6) is 0 Å². The molecule has 12 rings (SSSR count). The van der Waals surface area contributed by atoms with Gasteiger partial charge in [-0.15, -0.1) is 0 Å². The molecule has 0 N–H and O–H groups in total. The van der Waals surface area contributed by atoms with E-state index in [9.17, 15) is 0 Å². The zero-order valence-electron chi connectivity index (χ0n) is 40.9. The standard InChI is InChI=1S/C63H66N2O2/c1-37(2)50-35-53(65(52-26-15-12-19-39(52)5)60-41(7)29-30-47-44-24-14-17-28-56(44)67-62(47)60)48-33-34-63(8)51(38(3)4)36-54(49-32-31-45(50)57(48)58(49)63)64(42-21-10-9-11-22-42)59-40(6)20-18-25-46-43-23-13-16-27-55(43)66-61(46)59/h9-10,12-15,17,19,21,23-24,26,28-32,35-39,51-52H,11,16,18,20,22,25,27,33-34H2,1-8H3. The van der Waals surface area contributed by atoms with Crippen molar-refractivity contribution in [2.75, 3.05) is 4.90 Å². The molecule has 6 aromatic rings. The summed E-state index contributed by atoms with van der Waals surface area (Å²) in [6.45, 7) is 19.4. The van der Waals surface area contributed by atoms with Gasteiger partial charge in [-0.2, -0.15) is 0 Å².